The zero-order chi connectivity index (χ0) is 27.9. The summed E-state index contributed by atoms with van der Waals surface area (Å²) in [7, 11) is 0. The lowest BCUT2D eigenvalue weighted by Gasteiger charge is -2.09. The molecule has 0 amide bonds. The average Bonchev–Trinajstić information content (AvgIpc) is 3.07. The van der Waals surface area contributed by atoms with E-state index in [2.05, 4.69) is 101 Å². The summed E-state index contributed by atoms with van der Waals surface area (Å²) < 4.78 is 0. The van der Waals surface area contributed by atoms with E-state index < -0.39 is 0 Å². The van der Waals surface area contributed by atoms with Gasteiger partial charge in [0.05, 0.1) is 33.6 Å². The maximum Gasteiger partial charge on any atom is 0.0893 e. The van der Waals surface area contributed by atoms with Gasteiger partial charge < -0.3 is 0 Å². The molecule has 0 saturated carbocycles. The lowest BCUT2D eigenvalue weighted by molar-refractivity contribution is 1.28. The molecule has 8 rings (SSSR count). The fraction of sp³-hybridized carbons (Fsp3) is 0. The van der Waals surface area contributed by atoms with Crippen molar-refractivity contribution in [2.75, 3.05) is 0 Å². The molecule has 0 aliphatic rings. The van der Waals surface area contributed by atoms with Crippen molar-refractivity contribution in [3.05, 3.63) is 146 Å². The molecule has 42 heavy (non-hydrogen) atoms. The Morgan fingerprint density at radius 3 is 1.76 bits per heavy atom. The highest BCUT2D eigenvalue weighted by atomic mass is 14.8. The Bertz CT molecular complexity index is 2260. The van der Waals surface area contributed by atoms with E-state index in [1.807, 2.05) is 48.7 Å². The fourth-order valence-corrected chi connectivity index (χ4v) is 5.51. The van der Waals surface area contributed by atoms with Crippen LogP contribution in [0.25, 0.3) is 77.6 Å². The Labute approximate surface area is 243 Å². The predicted octanol–water partition coefficient (Wildman–Crippen LogP) is 9.39. The van der Waals surface area contributed by atoms with Crippen molar-refractivity contribution in [2.24, 2.45) is 0 Å². The molecule has 196 valence electrons. The molecule has 4 nitrogen and oxygen atoms in total. The number of rotatable bonds is 4. The minimum Gasteiger partial charge on any atom is -0.256 e. The molecular formula is C38H24N4. The van der Waals surface area contributed by atoms with Crippen molar-refractivity contribution in [3.63, 3.8) is 0 Å². The molecule has 0 N–H and O–H groups in total. The zero-order valence-corrected chi connectivity index (χ0v) is 22.6. The summed E-state index contributed by atoms with van der Waals surface area (Å²) in [5, 5.41) is 3.34. The van der Waals surface area contributed by atoms with Gasteiger partial charge in [-0.25, -0.2) is 9.97 Å². The number of hydrogen-bond acceptors (Lipinski definition) is 4. The first-order valence-corrected chi connectivity index (χ1v) is 14.0. The average molecular weight is 537 g/mol. The first kappa shape index (κ1) is 24.1. The molecule has 4 aromatic heterocycles. The first-order chi connectivity index (χ1) is 20.8. The van der Waals surface area contributed by atoms with Gasteiger partial charge in [-0.3, -0.25) is 9.97 Å². The van der Waals surface area contributed by atoms with Crippen LogP contribution in [0, 0.1) is 0 Å². The van der Waals surface area contributed by atoms with E-state index in [0.29, 0.717) is 0 Å². The summed E-state index contributed by atoms with van der Waals surface area (Å²) in [6.07, 6.45) is 3.74. The standard InChI is InChI=1S/C38H24N4/c1-2-9-33-28(6-1)23-32(24-40-33)25-7-5-8-29(20-25)34-17-13-30-21-26(11-15-35(30)41-34)27-12-16-36-31(22-27)14-18-38(42-36)37-10-3-4-19-39-37/h1-24H. The first-order valence-electron chi connectivity index (χ1n) is 14.0. The molecule has 0 atom stereocenters. The summed E-state index contributed by atoms with van der Waals surface area (Å²) in [5.74, 6) is 0. The van der Waals surface area contributed by atoms with Gasteiger partial charge in [0.25, 0.3) is 0 Å². The van der Waals surface area contributed by atoms with E-state index in [9.17, 15) is 0 Å². The summed E-state index contributed by atoms with van der Waals surface area (Å²) in [4.78, 5) is 18.9. The number of hydrogen-bond donors (Lipinski definition) is 0. The summed E-state index contributed by atoms with van der Waals surface area (Å²) in [5.41, 5.74) is 11.2. The topological polar surface area (TPSA) is 51.6 Å². The van der Waals surface area contributed by atoms with E-state index in [0.717, 1.165) is 77.6 Å². The molecule has 0 fully saturated rings. The molecule has 0 aliphatic heterocycles. The van der Waals surface area contributed by atoms with E-state index in [1.54, 1.807) is 6.20 Å². The van der Waals surface area contributed by atoms with E-state index in [1.165, 1.54) is 0 Å². The SMILES string of the molecule is c1ccc(-c2ccc3cc(-c4ccc5nc(-c6cccc(-c7cnc8ccccc8c7)c6)ccc5c4)ccc3n2)nc1. The molecule has 4 aromatic carbocycles. The fourth-order valence-electron chi connectivity index (χ4n) is 5.51. The van der Waals surface area contributed by atoms with Crippen LogP contribution in [0.15, 0.2) is 146 Å². The van der Waals surface area contributed by atoms with Crippen LogP contribution in [-0.4, -0.2) is 19.9 Å². The number of nitrogens with zero attached hydrogens (tertiary/aromatic N) is 4. The molecule has 0 aliphatic carbocycles. The molecule has 0 bridgehead atoms. The van der Waals surface area contributed by atoms with Gasteiger partial charge in [-0.2, -0.15) is 0 Å². The van der Waals surface area contributed by atoms with E-state index in [4.69, 9.17) is 9.97 Å². The van der Waals surface area contributed by atoms with Gasteiger partial charge in [0.1, 0.15) is 0 Å². The highest BCUT2D eigenvalue weighted by molar-refractivity contribution is 5.91. The van der Waals surface area contributed by atoms with E-state index >= 15 is 0 Å². The summed E-state index contributed by atoms with van der Waals surface area (Å²) in [6.45, 7) is 0. The van der Waals surface area contributed by atoms with Crippen molar-refractivity contribution in [3.8, 4) is 44.9 Å². The largest absolute Gasteiger partial charge is 0.256 e. The minimum atomic E-state index is 0.877. The van der Waals surface area contributed by atoms with Crippen LogP contribution < -0.4 is 0 Å². The number of benzene rings is 4. The second-order valence-electron chi connectivity index (χ2n) is 10.4. The van der Waals surface area contributed by atoms with Crippen molar-refractivity contribution in [1.29, 1.82) is 0 Å². The number of pyridine rings is 4. The lowest BCUT2D eigenvalue weighted by atomic mass is 9.99. The lowest BCUT2D eigenvalue weighted by Crippen LogP contribution is -1.89. The zero-order valence-electron chi connectivity index (χ0n) is 22.6. The Morgan fingerprint density at radius 2 is 0.976 bits per heavy atom. The van der Waals surface area contributed by atoms with Gasteiger partial charge in [-0.05, 0) is 83.4 Å². The third kappa shape index (κ3) is 4.45. The third-order valence-electron chi connectivity index (χ3n) is 7.72. The van der Waals surface area contributed by atoms with Gasteiger partial charge in [-0.1, -0.05) is 66.7 Å². The molecule has 0 spiro atoms. The van der Waals surface area contributed by atoms with Crippen molar-refractivity contribution >= 4 is 32.7 Å². The molecule has 8 aromatic rings. The molecule has 0 saturated heterocycles. The Hall–Kier alpha value is -5.74. The van der Waals surface area contributed by atoms with E-state index in [-0.39, 0.29) is 0 Å². The number of aromatic nitrogens is 4. The van der Waals surface area contributed by atoms with Crippen LogP contribution >= 0.6 is 0 Å². The van der Waals surface area contributed by atoms with Crippen molar-refractivity contribution < 1.29 is 0 Å². The smallest absolute Gasteiger partial charge is 0.0893 e. The molecule has 4 heteroatoms. The Morgan fingerprint density at radius 1 is 0.333 bits per heavy atom. The monoisotopic (exact) mass is 536 g/mol. The van der Waals surface area contributed by atoms with Crippen LogP contribution in [0.2, 0.25) is 0 Å². The van der Waals surface area contributed by atoms with Crippen LogP contribution in [0.3, 0.4) is 0 Å². The number of para-hydroxylation sites is 1. The highest BCUT2D eigenvalue weighted by Crippen LogP contribution is 2.31. The normalized spacial score (nSPS) is 11.3. The van der Waals surface area contributed by atoms with Gasteiger partial charge in [-0.15, -0.1) is 0 Å². The summed E-state index contributed by atoms with van der Waals surface area (Å²) in [6, 6.07) is 46.1. The molecule has 4 heterocycles. The van der Waals surface area contributed by atoms with Crippen molar-refractivity contribution in [1.82, 2.24) is 19.9 Å². The highest BCUT2D eigenvalue weighted by Gasteiger charge is 2.09. The quantitative estimate of drug-likeness (QED) is 0.225. The van der Waals surface area contributed by atoms with Crippen molar-refractivity contribution in [2.45, 2.75) is 0 Å². The van der Waals surface area contributed by atoms with Gasteiger partial charge in [0.2, 0.25) is 0 Å². The number of fused-ring (bicyclic) bond motifs is 3. The van der Waals surface area contributed by atoms with Crippen LogP contribution in [0.1, 0.15) is 0 Å². The minimum absolute atomic E-state index is 0.877. The van der Waals surface area contributed by atoms with Gasteiger partial charge in [0.15, 0.2) is 0 Å². The van der Waals surface area contributed by atoms with Gasteiger partial charge >= 0.3 is 0 Å². The molecular weight excluding hydrogens is 512 g/mol. The van der Waals surface area contributed by atoms with Crippen LogP contribution in [0.4, 0.5) is 0 Å². The second kappa shape index (κ2) is 10.0. The van der Waals surface area contributed by atoms with Gasteiger partial charge in [0, 0.05) is 39.7 Å². The Balaban J connectivity index is 1.10. The summed E-state index contributed by atoms with van der Waals surface area (Å²) >= 11 is 0. The van der Waals surface area contributed by atoms with Crippen LogP contribution in [-0.2, 0) is 0 Å². The maximum absolute atomic E-state index is 5.02. The third-order valence-corrected chi connectivity index (χ3v) is 7.72. The molecule has 0 radical (unpaired) electrons. The maximum atomic E-state index is 5.02. The Kier molecular flexibility index (Phi) is 5.75. The second-order valence-corrected chi connectivity index (χ2v) is 10.4. The predicted molar refractivity (Wildman–Crippen MR) is 172 cm³/mol. The van der Waals surface area contributed by atoms with Crippen LogP contribution in [0.5, 0.6) is 0 Å². The molecule has 0 unspecified atom stereocenters.